The first kappa shape index (κ1) is 19.4. The molecule has 1 heterocycles. The highest BCUT2D eigenvalue weighted by atomic mass is 19.4. The fourth-order valence-electron chi connectivity index (χ4n) is 3.18. The Morgan fingerprint density at radius 1 is 1.26 bits per heavy atom. The van der Waals surface area contributed by atoms with Gasteiger partial charge in [0.25, 0.3) is 5.69 Å². The highest BCUT2D eigenvalue weighted by Crippen LogP contribution is 2.36. The van der Waals surface area contributed by atoms with E-state index < -0.39 is 22.4 Å². The summed E-state index contributed by atoms with van der Waals surface area (Å²) in [5.74, 6) is -0.0357. The molecule has 7 nitrogen and oxygen atoms in total. The van der Waals surface area contributed by atoms with Crippen molar-refractivity contribution in [3.05, 3.63) is 33.9 Å². The van der Waals surface area contributed by atoms with Gasteiger partial charge >= 0.3 is 6.18 Å². The van der Waals surface area contributed by atoms with Crippen molar-refractivity contribution < 1.29 is 22.9 Å². The molecule has 1 unspecified atom stereocenters. The summed E-state index contributed by atoms with van der Waals surface area (Å²) in [4.78, 5) is 26.3. The molecular formula is C17H21F3N4O3. The molecule has 0 bridgehead atoms. The molecule has 1 saturated carbocycles. The number of hydrogen-bond acceptors (Lipinski definition) is 5. The number of nitro groups is 1. The number of hydrogen-bond donors (Lipinski definition) is 1. The van der Waals surface area contributed by atoms with Crippen molar-refractivity contribution in [1.29, 1.82) is 0 Å². The van der Waals surface area contributed by atoms with Gasteiger partial charge in [-0.15, -0.1) is 0 Å². The van der Waals surface area contributed by atoms with Crippen molar-refractivity contribution in [3.8, 4) is 0 Å². The average Bonchev–Trinajstić information content (AvgIpc) is 3.44. The van der Waals surface area contributed by atoms with Crippen molar-refractivity contribution in [2.24, 2.45) is 0 Å². The number of carbonyl (C=O) groups excluding carboxylic acids is 1. The average molecular weight is 386 g/mol. The van der Waals surface area contributed by atoms with Crippen LogP contribution in [0, 0.1) is 10.1 Å². The molecule has 0 spiro atoms. The van der Waals surface area contributed by atoms with Crippen molar-refractivity contribution >= 4 is 17.3 Å². The Bertz CT molecular complexity index is 729. The second kappa shape index (κ2) is 7.34. The Hall–Kier alpha value is -2.36. The van der Waals surface area contributed by atoms with Gasteiger partial charge in [0.15, 0.2) is 0 Å². The number of anilines is 1. The second-order valence-corrected chi connectivity index (χ2v) is 6.94. The lowest BCUT2D eigenvalue weighted by atomic mass is 10.1. The number of amides is 1. The molecule has 3 rings (SSSR count). The minimum Gasteiger partial charge on any atom is -0.363 e. The summed E-state index contributed by atoms with van der Waals surface area (Å²) in [7, 11) is 0. The Labute approximate surface area is 154 Å². The number of nitro benzene ring substituents is 1. The maximum Gasteiger partial charge on any atom is 0.416 e. The third-order valence-electron chi connectivity index (χ3n) is 5.01. The van der Waals surface area contributed by atoms with E-state index in [1.165, 1.54) is 0 Å². The highest BCUT2D eigenvalue weighted by molar-refractivity contribution is 5.82. The van der Waals surface area contributed by atoms with Gasteiger partial charge in [0.1, 0.15) is 5.69 Å². The van der Waals surface area contributed by atoms with Crippen LogP contribution in [-0.4, -0.2) is 54.0 Å². The minimum atomic E-state index is -4.63. The molecule has 1 amide bonds. The largest absolute Gasteiger partial charge is 0.416 e. The molecule has 1 aliphatic carbocycles. The topological polar surface area (TPSA) is 78.7 Å². The number of alkyl halides is 3. The Morgan fingerprint density at radius 3 is 2.41 bits per heavy atom. The number of rotatable bonds is 5. The molecule has 148 valence electrons. The molecule has 1 saturated heterocycles. The Morgan fingerprint density at radius 2 is 1.89 bits per heavy atom. The lowest BCUT2D eigenvalue weighted by molar-refractivity contribution is -0.384. The van der Waals surface area contributed by atoms with Crippen LogP contribution in [0.15, 0.2) is 18.2 Å². The molecular weight excluding hydrogens is 365 g/mol. The third-order valence-corrected chi connectivity index (χ3v) is 5.01. The first-order chi connectivity index (χ1) is 12.7. The lowest BCUT2D eigenvalue weighted by Crippen LogP contribution is -2.54. The molecule has 27 heavy (non-hydrogen) atoms. The summed E-state index contributed by atoms with van der Waals surface area (Å²) in [6, 6.07) is 2.56. The maximum absolute atomic E-state index is 12.8. The van der Waals surface area contributed by atoms with Gasteiger partial charge in [0, 0.05) is 38.3 Å². The summed E-state index contributed by atoms with van der Waals surface area (Å²) in [6.45, 7) is 3.60. The van der Waals surface area contributed by atoms with Gasteiger partial charge < -0.3 is 10.2 Å². The van der Waals surface area contributed by atoms with Gasteiger partial charge in [0.2, 0.25) is 5.91 Å². The normalized spacial score (nSPS) is 19.6. The summed E-state index contributed by atoms with van der Waals surface area (Å²) in [6.07, 6.45) is -2.63. The standard InChI is InChI=1S/C17H21F3N4O3/c1-11(16(25)21-13-3-4-13)22-6-8-23(9-7-22)14-5-2-12(17(18,19)20)10-15(14)24(26)27/h2,5,10-11,13H,3-4,6-9H2,1H3,(H,21,25). The number of benzene rings is 1. The summed E-state index contributed by atoms with van der Waals surface area (Å²) < 4.78 is 38.5. The molecule has 1 aromatic carbocycles. The van der Waals surface area contributed by atoms with Crippen molar-refractivity contribution in [1.82, 2.24) is 10.2 Å². The van der Waals surface area contributed by atoms with E-state index in [0.29, 0.717) is 32.2 Å². The zero-order chi connectivity index (χ0) is 19.8. The fraction of sp³-hybridized carbons (Fsp3) is 0.588. The van der Waals surface area contributed by atoms with Crippen molar-refractivity contribution in [2.75, 3.05) is 31.1 Å². The van der Waals surface area contributed by atoms with Crippen LogP contribution in [-0.2, 0) is 11.0 Å². The van der Waals surface area contributed by atoms with E-state index in [1.54, 1.807) is 4.90 Å². The fourth-order valence-corrected chi connectivity index (χ4v) is 3.18. The molecule has 1 N–H and O–H groups in total. The van der Waals surface area contributed by atoms with Crippen LogP contribution in [0.5, 0.6) is 0 Å². The zero-order valence-corrected chi connectivity index (χ0v) is 14.8. The molecule has 1 aromatic rings. The van der Waals surface area contributed by atoms with E-state index >= 15 is 0 Å². The minimum absolute atomic E-state index is 0.0357. The molecule has 10 heteroatoms. The first-order valence-electron chi connectivity index (χ1n) is 8.82. The number of halogens is 3. The van der Waals surface area contributed by atoms with Crippen LogP contribution in [0.4, 0.5) is 24.5 Å². The van der Waals surface area contributed by atoms with E-state index in [1.807, 2.05) is 11.8 Å². The molecule has 1 atom stereocenters. The van der Waals surface area contributed by atoms with E-state index in [-0.39, 0.29) is 23.7 Å². The first-order valence-corrected chi connectivity index (χ1v) is 8.82. The van der Waals surface area contributed by atoms with E-state index in [9.17, 15) is 28.1 Å². The molecule has 1 aliphatic heterocycles. The Kier molecular flexibility index (Phi) is 5.27. The predicted molar refractivity (Wildman–Crippen MR) is 92.5 cm³/mol. The molecule has 2 fully saturated rings. The monoisotopic (exact) mass is 386 g/mol. The number of carbonyl (C=O) groups is 1. The summed E-state index contributed by atoms with van der Waals surface area (Å²) >= 11 is 0. The van der Waals surface area contributed by atoms with Crippen LogP contribution >= 0.6 is 0 Å². The van der Waals surface area contributed by atoms with E-state index in [0.717, 1.165) is 25.0 Å². The number of piperazine rings is 1. The van der Waals surface area contributed by atoms with Crippen molar-refractivity contribution in [2.45, 2.75) is 38.0 Å². The third kappa shape index (κ3) is 4.49. The van der Waals surface area contributed by atoms with E-state index in [2.05, 4.69) is 5.32 Å². The number of nitrogens with zero attached hydrogens (tertiary/aromatic N) is 3. The summed E-state index contributed by atoms with van der Waals surface area (Å²) in [5, 5.41) is 14.2. The Balaban J connectivity index is 1.68. The quantitative estimate of drug-likeness (QED) is 0.621. The smallest absolute Gasteiger partial charge is 0.363 e. The second-order valence-electron chi connectivity index (χ2n) is 6.94. The van der Waals surface area contributed by atoms with Crippen LogP contribution < -0.4 is 10.2 Å². The van der Waals surface area contributed by atoms with Gasteiger partial charge in [-0.1, -0.05) is 0 Å². The van der Waals surface area contributed by atoms with E-state index in [4.69, 9.17) is 0 Å². The van der Waals surface area contributed by atoms with Crippen molar-refractivity contribution in [3.63, 3.8) is 0 Å². The summed E-state index contributed by atoms with van der Waals surface area (Å²) in [5.41, 5.74) is -1.43. The van der Waals surface area contributed by atoms with Gasteiger partial charge in [-0.05, 0) is 31.9 Å². The van der Waals surface area contributed by atoms with Crippen LogP contribution in [0.25, 0.3) is 0 Å². The van der Waals surface area contributed by atoms with Crippen LogP contribution in [0.1, 0.15) is 25.3 Å². The molecule has 0 radical (unpaired) electrons. The number of nitrogens with one attached hydrogen (secondary N) is 1. The van der Waals surface area contributed by atoms with Gasteiger partial charge in [0.05, 0.1) is 16.5 Å². The van der Waals surface area contributed by atoms with Gasteiger partial charge in [-0.3, -0.25) is 19.8 Å². The predicted octanol–water partition coefficient (Wildman–Crippen LogP) is 2.40. The zero-order valence-electron chi connectivity index (χ0n) is 14.8. The SMILES string of the molecule is CC(C(=O)NC1CC1)N1CCN(c2ccc(C(F)(F)F)cc2[N+](=O)[O-])CC1. The van der Waals surface area contributed by atoms with Crippen LogP contribution in [0.2, 0.25) is 0 Å². The maximum atomic E-state index is 12.8. The van der Waals surface area contributed by atoms with Gasteiger partial charge in [-0.2, -0.15) is 13.2 Å². The highest BCUT2D eigenvalue weighted by Gasteiger charge is 2.35. The molecule has 0 aromatic heterocycles. The molecule has 2 aliphatic rings. The lowest BCUT2D eigenvalue weighted by Gasteiger charge is -2.38. The van der Waals surface area contributed by atoms with Gasteiger partial charge in [-0.25, -0.2) is 0 Å². The van der Waals surface area contributed by atoms with Crippen LogP contribution in [0.3, 0.4) is 0 Å².